The second-order valence-corrected chi connectivity index (χ2v) is 3.17. The molecule has 84 valence electrons. The van der Waals surface area contributed by atoms with Gasteiger partial charge in [-0.05, 0) is 24.6 Å². The van der Waals surface area contributed by atoms with Crippen LogP contribution in [-0.4, -0.2) is 0 Å². The van der Waals surface area contributed by atoms with Crippen LogP contribution in [0.2, 0.25) is 0 Å². The number of aryl methyl sites for hydroxylation is 1. The van der Waals surface area contributed by atoms with E-state index < -0.39 is 0 Å². The summed E-state index contributed by atoms with van der Waals surface area (Å²) in [6.45, 7) is 10.3. The molecule has 2 aromatic rings. The highest BCUT2D eigenvalue weighted by atomic mass is 16.3. The van der Waals surface area contributed by atoms with Crippen LogP contribution in [0.4, 0.5) is 0 Å². The number of furan rings is 1. The summed E-state index contributed by atoms with van der Waals surface area (Å²) in [4.78, 5) is 0. The Balaban J connectivity index is 0.000000342. The van der Waals surface area contributed by atoms with E-state index in [9.17, 15) is 0 Å². The van der Waals surface area contributed by atoms with Gasteiger partial charge in [0.05, 0.1) is 6.26 Å². The van der Waals surface area contributed by atoms with Crippen molar-refractivity contribution in [2.75, 3.05) is 0 Å². The van der Waals surface area contributed by atoms with Crippen LogP contribution in [0, 0.1) is 6.92 Å². The fraction of sp³-hybridized carbons (Fsp3) is 0.429. The molecule has 0 aliphatic heterocycles. The van der Waals surface area contributed by atoms with E-state index in [2.05, 4.69) is 32.9 Å². The van der Waals surface area contributed by atoms with E-state index >= 15 is 0 Å². The topological polar surface area (TPSA) is 13.1 Å². The summed E-state index contributed by atoms with van der Waals surface area (Å²) in [7, 11) is 0. The molecule has 0 atom stereocenters. The molecule has 0 bridgehead atoms. The third-order valence-electron chi connectivity index (χ3n) is 1.61. The van der Waals surface area contributed by atoms with Crippen molar-refractivity contribution in [2.24, 2.45) is 0 Å². The first-order valence-corrected chi connectivity index (χ1v) is 5.71. The maximum atomic E-state index is 5.20. The zero-order valence-electron chi connectivity index (χ0n) is 10.5. The van der Waals surface area contributed by atoms with Gasteiger partial charge in [0.25, 0.3) is 0 Å². The molecule has 0 spiro atoms. The second-order valence-electron chi connectivity index (χ2n) is 3.17. The van der Waals surface area contributed by atoms with Gasteiger partial charge in [0.15, 0.2) is 0 Å². The van der Waals surface area contributed by atoms with Crippen LogP contribution in [0.1, 0.15) is 39.7 Å². The Bertz CT molecular complexity index is 360. The molecule has 0 saturated carbocycles. The van der Waals surface area contributed by atoms with Crippen LogP contribution in [0.15, 0.2) is 34.9 Å². The highest BCUT2D eigenvalue weighted by molar-refractivity contribution is 5.77. The molecule has 1 aromatic heterocycles. The van der Waals surface area contributed by atoms with Crippen LogP contribution in [-0.2, 0) is 0 Å². The molecule has 15 heavy (non-hydrogen) atoms. The number of benzene rings is 1. The van der Waals surface area contributed by atoms with Crippen molar-refractivity contribution in [3.8, 4) is 0 Å². The normalized spacial score (nSPS) is 8.60. The predicted molar refractivity (Wildman–Crippen MR) is 68.3 cm³/mol. The number of fused-ring (bicyclic) bond motifs is 1. The molecule has 0 fully saturated rings. The minimum atomic E-state index is 0.972. The summed E-state index contributed by atoms with van der Waals surface area (Å²) in [5.74, 6) is 0. The molecule has 1 aromatic carbocycles. The molecule has 1 nitrogen and oxygen atoms in total. The smallest absolute Gasteiger partial charge is 0.134 e. The van der Waals surface area contributed by atoms with Crippen LogP contribution in [0.5, 0.6) is 0 Å². The van der Waals surface area contributed by atoms with E-state index in [4.69, 9.17) is 4.42 Å². The number of hydrogen-bond acceptors (Lipinski definition) is 1. The summed E-state index contributed by atoms with van der Waals surface area (Å²) < 4.78 is 5.20. The molecule has 0 amide bonds. The Morgan fingerprint density at radius 3 is 2.27 bits per heavy atom. The Labute approximate surface area is 93.1 Å². The summed E-state index contributed by atoms with van der Waals surface area (Å²) in [6.07, 6.45) is 2.96. The van der Waals surface area contributed by atoms with Crippen molar-refractivity contribution in [1.82, 2.24) is 0 Å². The maximum Gasteiger partial charge on any atom is 0.134 e. The van der Waals surface area contributed by atoms with Gasteiger partial charge in [0.2, 0.25) is 0 Å². The standard InChI is InChI=1S/C9H8O.C3H8.C2H6/c1-7-2-3-8-4-5-10-9(8)6-7;1-3-2;1-2/h2-6H,1H3;3H2,1-2H3;1-2H3. The summed E-state index contributed by atoms with van der Waals surface area (Å²) in [5, 5.41) is 1.17. The molecule has 0 N–H and O–H groups in total. The molecular formula is C14H22O. The Morgan fingerprint density at radius 1 is 1.07 bits per heavy atom. The largest absolute Gasteiger partial charge is 0.464 e. The molecule has 1 heterocycles. The molecule has 0 saturated heterocycles. The first-order valence-electron chi connectivity index (χ1n) is 5.71. The van der Waals surface area contributed by atoms with Crippen molar-refractivity contribution < 1.29 is 4.42 Å². The van der Waals surface area contributed by atoms with Gasteiger partial charge >= 0.3 is 0 Å². The fourth-order valence-electron chi connectivity index (χ4n) is 1.06. The average Bonchev–Trinajstić information content (AvgIpc) is 2.69. The molecule has 0 radical (unpaired) electrons. The molecule has 0 aliphatic rings. The van der Waals surface area contributed by atoms with E-state index in [1.54, 1.807) is 6.26 Å². The van der Waals surface area contributed by atoms with Crippen LogP contribution in [0.3, 0.4) is 0 Å². The summed E-state index contributed by atoms with van der Waals surface area (Å²) >= 11 is 0. The third-order valence-corrected chi connectivity index (χ3v) is 1.61. The molecule has 0 aliphatic carbocycles. The second kappa shape index (κ2) is 8.10. The van der Waals surface area contributed by atoms with Gasteiger partial charge < -0.3 is 4.42 Å². The summed E-state index contributed by atoms with van der Waals surface area (Å²) in [6, 6.07) is 8.15. The van der Waals surface area contributed by atoms with Crippen molar-refractivity contribution >= 4 is 11.0 Å². The lowest BCUT2D eigenvalue weighted by Gasteiger charge is -1.89. The highest BCUT2D eigenvalue weighted by Gasteiger charge is 1.93. The Kier molecular flexibility index (Phi) is 7.43. The lowest BCUT2D eigenvalue weighted by molar-refractivity contribution is 0.615. The van der Waals surface area contributed by atoms with E-state index in [0.29, 0.717) is 0 Å². The summed E-state index contributed by atoms with van der Waals surface area (Å²) in [5.41, 5.74) is 2.21. The predicted octanol–water partition coefficient (Wildman–Crippen LogP) is 5.18. The Hall–Kier alpha value is -1.24. The monoisotopic (exact) mass is 206 g/mol. The first kappa shape index (κ1) is 13.8. The van der Waals surface area contributed by atoms with E-state index in [1.807, 2.05) is 26.0 Å². The Morgan fingerprint density at radius 2 is 1.67 bits per heavy atom. The zero-order valence-corrected chi connectivity index (χ0v) is 10.5. The molecule has 1 heteroatoms. The van der Waals surface area contributed by atoms with Crippen molar-refractivity contribution in [3.05, 3.63) is 36.1 Å². The maximum absolute atomic E-state index is 5.20. The lowest BCUT2D eigenvalue weighted by atomic mass is 10.2. The van der Waals surface area contributed by atoms with Crippen molar-refractivity contribution in [1.29, 1.82) is 0 Å². The molecule has 0 unspecified atom stereocenters. The van der Waals surface area contributed by atoms with Gasteiger partial charge in [0.1, 0.15) is 5.58 Å². The third kappa shape index (κ3) is 4.68. The lowest BCUT2D eigenvalue weighted by Crippen LogP contribution is -1.67. The van der Waals surface area contributed by atoms with E-state index in [1.165, 1.54) is 17.4 Å². The van der Waals surface area contributed by atoms with Crippen LogP contribution >= 0.6 is 0 Å². The van der Waals surface area contributed by atoms with Gasteiger partial charge in [-0.1, -0.05) is 46.2 Å². The van der Waals surface area contributed by atoms with Gasteiger partial charge in [-0.2, -0.15) is 0 Å². The van der Waals surface area contributed by atoms with Crippen LogP contribution in [0.25, 0.3) is 11.0 Å². The van der Waals surface area contributed by atoms with Gasteiger partial charge in [0, 0.05) is 5.39 Å². The highest BCUT2D eigenvalue weighted by Crippen LogP contribution is 2.15. The first-order chi connectivity index (χ1) is 7.27. The molecular weight excluding hydrogens is 184 g/mol. The van der Waals surface area contributed by atoms with Crippen molar-refractivity contribution in [3.63, 3.8) is 0 Å². The van der Waals surface area contributed by atoms with E-state index in [-0.39, 0.29) is 0 Å². The minimum Gasteiger partial charge on any atom is -0.464 e. The van der Waals surface area contributed by atoms with Crippen LogP contribution < -0.4 is 0 Å². The average molecular weight is 206 g/mol. The quantitative estimate of drug-likeness (QED) is 0.578. The van der Waals surface area contributed by atoms with E-state index in [0.717, 1.165) is 5.58 Å². The fourth-order valence-corrected chi connectivity index (χ4v) is 1.06. The minimum absolute atomic E-state index is 0.972. The van der Waals surface area contributed by atoms with Crippen molar-refractivity contribution in [2.45, 2.75) is 41.0 Å². The van der Waals surface area contributed by atoms with Gasteiger partial charge in [-0.3, -0.25) is 0 Å². The van der Waals surface area contributed by atoms with Gasteiger partial charge in [-0.25, -0.2) is 0 Å². The number of hydrogen-bond donors (Lipinski definition) is 0. The number of rotatable bonds is 0. The van der Waals surface area contributed by atoms with Gasteiger partial charge in [-0.15, -0.1) is 0 Å². The SMILES string of the molecule is CC.CCC.Cc1ccc2ccoc2c1. The zero-order chi connectivity index (χ0) is 11.7. The molecule has 2 rings (SSSR count).